The van der Waals surface area contributed by atoms with Gasteiger partial charge in [-0.15, -0.1) is 0 Å². The molecule has 1 aliphatic heterocycles. The fourth-order valence-electron chi connectivity index (χ4n) is 3.02. The van der Waals surface area contributed by atoms with E-state index in [-0.39, 0.29) is 0 Å². The molecule has 0 aliphatic carbocycles. The van der Waals surface area contributed by atoms with Gasteiger partial charge in [-0.05, 0) is 44.2 Å². The molecule has 1 N–H and O–H groups in total. The lowest BCUT2D eigenvalue weighted by Gasteiger charge is -2.18. The minimum atomic E-state index is -0.737. The highest BCUT2D eigenvalue weighted by molar-refractivity contribution is 5.88. The fraction of sp³-hybridized carbons (Fsp3) is 0.438. The molecule has 0 amide bonds. The molecule has 3 heteroatoms. The van der Waals surface area contributed by atoms with Gasteiger partial charge in [0.25, 0.3) is 0 Å². The first kappa shape index (κ1) is 12.3. The number of aliphatic carboxylic acids is 1. The Kier molecular flexibility index (Phi) is 2.66. The number of hydrogen-bond donors (Lipinski definition) is 1. The largest absolute Gasteiger partial charge is 0.481 e. The summed E-state index contributed by atoms with van der Waals surface area (Å²) in [4.78, 5) is 11.3. The normalized spacial score (nSPS) is 14.8. The lowest BCUT2D eigenvalue weighted by Crippen LogP contribution is -2.26. The van der Waals surface area contributed by atoms with E-state index >= 15 is 0 Å². The van der Waals surface area contributed by atoms with Crippen LogP contribution in [0.25, 0.3) is 10.9 Å². The van der Waals surface area contributed by atoms with Crippen LogP contribution in [-0.4, -0.2) is 15.6 Å². The molecule has 0 atom stereocenters. The van der Waals surface area contributed by atoms with Gasteiger partial charge in [-0.3, -0.25) is 4.79 Å². The standard InChI is InChI=1S/C16H19NO2/c1-16(2,15(18)19)9-12-10-17-8-4-6-11-5-3-7-13(12)14(11)17/h3,5,7,10H,4,6,8-9H2,1-2H3,(H,18,19). The zero-order valence-corrected chi connectivity index (χ0v) is 11.4. The van der Waals surface area contributed by atoms with Crippen molar-refractivity contribution in [3.63, 3.8) is 0 Å². The molecular weight excluding hydrogens is 238 g/mol. The number of nitrogens with zero attached hydrogens (tertiary/aromatic N) is 1. The Bertz CT molecular complexity index is 652. The summed E-state index contributed by atoms with van der Waals surface area (Å²) < 4.78 is 2.29. The Labute approximate surface area is 112 Å². The number of aromatic nitrogens is 1. The van der Waals surface area contributed by atoms with Gasteiger partial charge < -0.3 is 9.67 Å². The molecule has 1 aromatic carbocycles. The molecule has 2 aromatic rings. The maximum absolute atomic E-state index is 11.3. The summed E-state index contributed by atoms with van der Waals surface area (Å²) in [5.41, 5.74) is 3.14. The van der Waals surface area contributed by atoms with Gasteiger partial charge in [0.15, 0.2) is 0 Å². The predicted molar refractivity (Wildman–Crippen MR) is 75.4 cm³/mol. The molecule has 1 aromatic heterocycles. The van der Waals surface area contributed by atoms with E-state index in [1.807, 2.05) is 0 Å². The molecular formula is C16H19NO2. The number of aryl methyl sites for hydroxylation is 2. The highest BCUT2D eigenvalue weighted by Gasteiger charge is 2.29. The zero-order chi connectivity index (χ0) is 13.6. The van der Waals surface area contributed by atoms with Crippen LogP contribution in [0.1, 0.15) is 31.4 Å². The smallest absolute Gasteiger partial charge is 0.309 e. The van der Waals surface area contributed by atoms with Crippen molar-refractivity contribution in [1.29, 1.82) is 0 Å². The van der Waals surface area contributed by atoms with Crippen LogP contribution in [0, 0.1) is 5.41 Å². The van der Waals surface area contributed by atoms with Crippen LogP contribution < -0.4 is 0 Å². The molecule has 0 saturated heterocycles. The van der Waals surface area contributed by atoms with Gasteiger partial charge >= 0.3 is 5.97 Å². The molecule has 0 spiro atoms. The Morgan fingerprint density at radius 1 is 1.42 bits per heavy atom. The minimum Gasteiger partial charge on any atom is -0.481 e. The van der Waals surface area contributed by atoms with Gasteiger partial charge in [-0.25, -0.2) is 0 Å². The van der Waals surface area contributed by atoms with Crippen molar-refractivity contribution in [3.05, 3.63) is 35.5 Å². The number of para-hydroxylation sites is 1. The first-order valence-electron chi connectivity index (χ1n) is 6.82. The van der Waals surface area contributed by atoms with Crippen molar-refractivity contribution < 1.29 is 9.90 Å². The van der Waals surface area contributed by atoms with Gasteiger partial charge in [-0.1, -0.05) is 18.2 Å². The van der Waals surface area contributed by atoms with E-state index in [4.69, 9.17) is 0 Å². The summed E-state index contributed by atoms with van der Waals surface area (Å²) in [7, 11) is 0. The van der Waals surface area contributed by atoms with Gasteiger partial charge in [0.2, 0.25) is 0 Å². The van der Waals surface area contributed by atoms with Crippen molar-refractivity contribution in [2.75, 3.05) is 0 Å². The van der Waals surface area contributed by atoms with Crippen LogP contribution in [0.4, 0.5) is 0 Å². The number of rotatable bonds is 3. The monoisotopic (exact) mass is 257 g/mol. The Balaban J connectivity index is 2.12. The molecule has 19 heavy (non-hydrogen) atoms. The molecule has 2 heterocycles. The number of carbonyl (C=O) groups is 1. The van der Waals surface area contributed by atoms with E-state index in [1.54, 1.807) is 13.8 Å². The summed E-state index contributed by atoms with van der Waals surface area (Å²) in [6.07, 6.45) is 5.03. The summed E-state index contributed by atoms with van der Waals surface area (Å²) in [6.45, 7) is 4.63. The van der Waals surface area contributed by atoms with Crippen molar-refractivity contribution in [3.8, 4) is 0 Å². The molecule has 0 unspecified atom stereocenters. The van der Waals surface area contributed by atoms with Gasteiger partial charge in [-0.2, -0.15) is 0 Å². The molecule has 3 nitrogen and oxygen atoms in total. The first-order chi connectivity index (χ1) is 8.99. The Hall–Kier alpha value is -1.77. The number of benzene rings is 1. The van der Waals surface area contributed by atoms with Crippen molar-refractivity contribution in [2.45, 2.75) is 39.7 Å². The highest BCUT2D eigenvalue weighted by atomic mass is 16.4. The summed E-state index contributed by atoms with van der Waals surface area (Å²) >= 11 is 0. The zero-order valence-electron chi connectivity index (χ0n) is 11.4. The van der Waals surface area contributed by atoms with Crippen LogP contribution in [0.2, 0.25) is 0 Å². The first-order valence-corrected chi connectivity index (χ1v) is 6.82. The second-order valence-corrected chi connectivity index (χ2v) is 6.13. The number of carboxylic acids is 1. The second-order valence-electron chi connectivity index (χ2n) is 6.13. The third kappa shape index (κ3) is 1.93. The molecule has 1 aliphatic rings. The van der Waals surface area contributed by atoms with Crippen LogP contribution in [0.5, 0.6) is 0 Å². The minimum absolute atomic E-state index is 0.579. The maximum atomic E-state index is 11.3. The number of hydrogen-bond acceptors (Lipinski definition) is 1. The van der Waals surface area contributed by atoms with Gasteiger partial charge in [0.1, 0.15) is 0 Å². The van der Waals surface area contributed by atoms with Crippen LogP contribution in [-0.2, 0) is 24.2 Å². The average Bonchev–Trinajstić information content (AvgIpc) is 2.70. The van der Waals surface area contributed by atoms with Crippen LogP contribution in [0.15, 0.2) is 24.4 Å². The molecule has 0 radical (unpaired) electrons. The van der Waals surface area contributed by atoms with E-state index in [2.05, 4.69) is 29.0 Å². The molecule has 0 saturated carbocycles. The van der Waals surface area contributed by atoms with Crippen molar-refractivity contribution in [1.82, 2.24) is 4.57 Å². The predicted octanol–water partition coefficient (Wildman–Crippen LogP) is 3.24. The third-order valence-corrected chi connectivity index (χ3v) is 4.12. The van der Waals surface area contributed by atoms with Crippen molar-refractivity contribution in [2.24, 2.45) is 5.41 Å². The molecule has 3 rings (SSSR count). The summed E-state index contributed by atoms with van der Waals surface area (Å²) in [5, 5.41) is 10.5. The summed E-state index contributed by atoms with van der Waals surface area (Å²) in [5.74, 6) is -0.737. The third-order valence-electron chi connectivity index (χ3n) is 4.12. The Morgan fingerprint density at radius 2 is 2.21 bits per heavy atom. The van der Waals surface area contributed by atoms with Crippen LogP contribution in [0.3, 0.4) is 0 Å². The second kappa shape index (κ2) is 4.12. The molecule has 0 bridgehead atoms. The average molecular weight is 257 g/mol. The van der Waals surface area contributed by atoms with E-state index in [0.717, 1.165) is 18.5 Å². The van der Waals surface area contributed by atoms with E-state index in [0.29, 0.717) is 6.42 Å². The lowest BCUT2D eigenvalue weighted by atomic mass is 9.85. The topological polar surface area (TPSA) is 42.2 Å². The van der Waals surface area contributed by atoms with Gasteiger partial charge in [0, 0.05) is 18.1 Å². The van der Waals surface area contributed by atoms with E-state index < -0.39 is 11.4 Å². The Morgan fingerprint density at radius 3 is 2.95 bits per heavy atom. The fourth-order valence-corrected chi connectivity index (χ4v) is 3.02. The molecule has 0 fully saturated rings. The quantitative estimate of drug-likeness (QED) is 0.917. The maximum Gasteiger partial charge on any atom is 0.309 e. The van der Waals surface area contributed by atoms with Crippen LogP contribution >= 0.6 is 0 Å². The molecule has 100 valence electrons. The van der Waals surface area contributed by atoms with E-state index in [9.17, 15) is 9.90 Å². The number of carboxylic acid groups (broad SMARTS) is 1. The summed E-state index contributed by atoms with van der Waals surface area (Å²) in [6, 6.07) is 6.39. The van der Waals surface area contributed by atoms with Crippen molar-refractivity contribution >= 4 is 16.9 Å². The lowest BCUT2D eigenvalue weighted by molar-refractivity contribution is -0.146. The SMILES string of the molecule is CC(C)(Cc1cn2c3c(cccc13)CCC2)C(=O)O. The highest BCUT2D eigenvalue weighted by Crippen LogP contribution is 2.33. The van der Waals surface area contributed by atoms with Gasteiger partial charge in [0.05, 0.1) is 10.9 Å². The van der Waals surface area contributed by atoms with E-state index in [1.165, 1.54) is 22.9 Å².